The van der Waals surface area contributed by atoms with Crippen LogP contribution in [-0.2, 0) is 8.85 Å². The summed E-state index contributed by atoms with van der Waals surface area (Å²) < 4.78 is 15.4. The molecule has 13 heavy (non-hydrogen) atoms. The maximum absolute atomic E-state index is 5.66. The Labute approximate surface area is 79.2 Å². The van der Waals surface area contributed by atoms with Crippen LogP contribution in [0.4, 0.5) is 5.69 Å². The Hall–Kier alpha value is -1.04. The molecule has 0 radical (unpaired) electrons. The topological polar surface area (TPSA) is 53.7 Å². The molecule has 0 unspecified atom stereocenters. The van der Waals surface area contributed by atoms with Gasteiger partial charge < -0.3 is 19.0 Å². The third kappa shape index (κ3) is 2.73. The smallest absolute Gasteiger partial charge is 0.501 e. The molecule has 72 valence electrons. The first-order chi connectivity index (χ1) is 6.27. The van der Waals surface area contributed by atoms with Crippen molar-refractivity contribution >= 4 is 15.2 Å². The van der Waals surface area contributed by atoms with E-state index >= 15 is 0 Å². The SMILES string of the molecule is CO[SiH](OC)Oc1ccccc1N. The van der Waals surface area contributed by atoms with E-state index in [9.17, 15) is 0 Å². The summed E-state index contributed by atoms with van der Waals surface area (Å²) in [6, 6.07) is 7.25. The van der Waals surface area contributed by atoms with Gasteiger partial charge in [-0.15, -0.1) is 0 Å². The summed E-state index contributed by atoms with van der Waals surface area (Å²) in [5.41, 5.74) is 6.26. The first kappa shape index (κ1) is 10.0. The highest BCUT2D eigenvalue weighted by Gasteiger charge is 2.13. The molecule has 0 spiro atoms. The molecule has 2 N–H and O–H groups in total. The number of hydrogen-bond acceptors (Lipinski definition) is 4. The molecule has 0 aliphatic heterocycles. The van der Waals surface area contributed by atoms with E-state index in [1.807, 2.05) is 12.1 Å². The Kier molecular flexibility index (Phi) is 3.75. The molecular weight excluding hydrogens is 186 g/mol. The molecule has 0 amide bonds. The number of nitrogens with two attached hydrogens (primary N) is 1. The molecule has 5 heteroatoms. The molecule has 4 nitrogen and oxygen atoms in total. The van der Waals surface area contributed by atoms with Crippen molar-refractivity contribution in [3.05, 3.63) is 24.3 Å². The summed E-state index contributed by atoms with van der Waals surface area (Å²) >= 11 is 0. The van der Waals surface area contributed by atoms with E-state index < -0.39 is 9.53 Å². The third-order valence-corrected chi connectivity index (χ3v) is 2.74. The first-order valence-corrected chi connectivity index (χ1v) is 5.26. The lowest BCUT2D eigenvalue weighted by atomic mass is 10.3. The lowest BCUT2D eigenvalue weighted by Crippen LogP contribution is -2.27. The van der Waals surface area contributed by atoms with E-state index in [2.05, 4.69) is 0 Å². The maximum atomic E-state index is 5.66. The van der Waals surface area contributed by atoms with Crippen molar-refractivity contribution in [1.29, 1.82) is 0 Å². The second-order valence-electron chi connectivity index (χ2n) is 2.42. The summed E-state index contributed by atoms with van der Waals surface area (Å²) in [5.74, 6) is 0.614. The molecule has 0 atom stereocenters. The normalized spacial score (nSPS) is 10.4. The Morgan fingerprint density at radius 3 is 2.31 bits per heavy atom. The highest BCUT2D eigenvalue weighted by Crippen LogP contribution is 2.20. The minimum absolute atomic E-state index is 0.592. The van der Waals surface area contributed by atoms with Gasteiger partial charge in [-0.25, -0.2) is 0 Å². The molecule has 0 saturated carbocycles. The van der Waals surface area contributed by atoms with E-state index in [4.69, 9.17) is 19.0 Å². The van der Waals surface area contributed by atoms with Gasteiger partial charge in [-0.1, -0.05) is 12.1 Å². The van der Waals surface area contributed by atoms with Crippen molar-refractivity contribution in [2.45, 2.75) is 0 Å². The molecule has 1 aromatic carbocycles. The fourth-order valence-electron chi connectivity index (χ4n) is 0.884. The van der Waals surface area contributed by atoms with Crippen LogP contribution in [0.25, 0.3) is 0 Å². The van der Waals surface area contributed by atoms with Crippen LogP contribution >= 0.6 is 0 Å². The number of rotatable bonds is 4. The van der Waals surface area contributed by atoms with Crippen molar-refractivity contribution in [3.8, 4) is 5.75 Å². The van der Waals surface area contributed by atoms with Crippen molar-refractivity contribution in [3.63, 3.8) is 0 Å². The fourth-order valence-corrected chi connectivity index (χ4v) is 1.69. The summed E-state index contributed by atoms with van der Waals surface area (Å²) in [5, 5.41) is 0. The minimum atomic E-state index is -2.03. The van der Waals surface area contributed by atoms with Crippen molar-refractivity contribution in [1.82, 2.24) is 0 Å². The van der Waals surface area contributed by atoms with Gasteiger partial charge in [0.15, 0.2) is 0 Å². The van der Waals surface area contributed by atoms with E-state index in [0.717, 1.165) is 0 Å². The molecule has 1 aromatic rings. The quantitative estimate of drug-likeness (QED) is 0.571. The fraction of sp³-hybridized carbons (Fsp3) is 0.250. The predicted molar refractivity (Wildman–Crippen MR) is 52.6 cm³/mol. The van der Waals surface area contributed by atoms with Crippen LogP contribution in [0.2, 0.25) is 0 Å². The van der Waals surface area contributed by atoms with Crippen molar-refractivity contribution in [2.75, 3.05) is 20.0 Å². The van der Waals surface area contributed by atoms with Gasteiger partial charge >= 0.3 is 9.53 Å². The number of anilines is 1. The number of nitrogen functional groups attached to an aromatic ring is 1. The predicted octanol–water partition coefficient (Wildman–Crippen LogP) is 0.658. The van der Waals surface area contributed by atoms with E-state index in [0.29, 0.717) is 11.4 Å². The van der Waals surface area contributed by atoms with Crippen LogP contribution in [0.3, 0.4) is 0 Å². The average molecular weight is 199 g/mol. The molecule has 0 aliphatic rings. The molecule has 0 fully saturated rings. The Morgan fingerprint density at radius 2 is 1.77 bits per heavy atom. The molecule has 0 aromatic heterocycles. The minimum Gasteiger partial charge on any atom is -0.501 e. The molecule has 0 aliphatic carbocycles. The van der Waals surface area contributed by atoms with Crippen LogP contribution in [0.1, 0.15) is 0 Å². The van der Waals surface area contributed by atoms with Gasteiger partial charge in [0.25, 0.3) is 0 Å². The van der Waals surface area contributed by atoms with Gasteiger partial charge in [0, 0.05) is 14.2 Å². The van der Waals surface area contributed by atoms with Crippen molar-refractivity contribution < 1.29 is 13.3 Å². The summed E-state index contributed by atoms with van der Waals surface area (Å²) in [6.45, 7) is 0. The zero-order valence-electron chi connectivity index (χ0n) is 7.69. The molecule has 1 rings (SSSR count). The largest absolute Gasteiger partial charge is 0.549 e. The summed E-state index contributed by atoms with van der Waals surface area (Å²) in [6.07, 6.45) is 0. The van der Waals surface area contributed by atoms with E-state index in [1.54, 1.807) is 26.4 Å². The highest BCUT2D eigenvalue weighted by molar-refractivity contribution is 6.37. The van der Waals surface area contributed by atoms with Gasteiger partial charge in [-0.2, -0.15) is 0 Å². The maximum Gasteiger partial charge on any atom is 0.549 e. The average Bonchev–Trinajstić information content (AvgIpc) is 2.17. The Bertz CT molecular complexity index is 265. The zero-order chi connectivity index (χ0) is 9.68. The molecule has 0 saturated heterocycles. The lowest BCUT2D eigenvalue weighted by Gasteiger charge is -2.14. The second kappa shape index (κ2) is 4.86. The number of hydrogen-bond donors (Lipinski definition) is 1. The monoisotopic (exact) mass is 199 g/mol. The van der Waals surface area contributed by atoms with Gasteiger partial charge in [0.05, 0.1) is 5.69 Å². The van der Waals surface area contributed by atoms with E-state index in [-0.39, 0.29) is 0 Å². The summed E-state index contributed by atoms with van der Waals surface area (Å²) in [4.78, 5) is 0. The van der Waals surface area contributed by atoms with Crippen molar-refractivity contribution in [2.24, 2.45) is 0 Å². The van der Waals surface area contributed by atoms with Crippen LogP contribution in [0, 0.1) is 0 Å². The number of para-hydroxylation sites is 2. The van der Waals surface area contributed by atoms with Crippen LogP contribution in [0.15, 0.2) is 24.3 Å². The second-order valence-corrected chi connectivity index (χ2v) is 4.17. The summed E-state index contributed by atoms with van der Waals surface area (Å²) in [7, 11) is 1.08. The highest BCUT2D eigenvalue weighted by atomic mass is 28.3. The Morgan fingerprint density at radius 1 is 1.15 bits per heavy atom. The van der Waals surface area contributed by atoms with E-state index in [1.165, 1.54) is 0 Å². The van der Waals surface area contributed by atoms with Gasteiger partial charge in [0.2, 0.25) is 0 Å². The molecular formula is C8H13NO3Si. The number of benzene rings is 1. The molecule has 0 bridgehead atoms. The lowest BCUT2D eigenvalue weighted by molar-refractivity contribution is 0.202. The van der Waals surface area contributed by atoms with Crippen LogP contribution in [0.5, 0.6) is 5.75 Å². The third-order valence-electron chi connectivity index (χ3n) is 1.53. The van der Waals surface area contributed by atoms with Gasteiger partial charge in [-0.05, 0) is 12.1 Å². The van der Waals surface area contributed by atoms with Gasteiger partial charge in [0.1, 0.15) is 5.75 Å². The zero-order valence-corrected chi connectivity index (χ0v) is 8.84. The van der Waals surface area contributed by atoms with Gasteiger partial charge in [-0.3, -0.25) is 0 Å². The Balaban J connectivity index is 2.67. The first-order valence-electron chi connectivity index (χ1n) is 3.84. The molecule has 0 heterocycles. The van der Waals surface area contributed by atoms with Crippen LogP contribution in [-0.4, -0.2) is 23.7 Å². The van der Waals surface area contributed by atoms with Crippen LogP contribution < -0.4 is 10.2 Å². The standard InChI is InChI=1S/C8H13NO3Si/c1-10-13(11-2)12-8-6-4-3-5-7(8)9/h3-6,13H,9H2,1-2H3.